The molecule has 5 heteroatoms. The van der Waals surface area contributed by atoms with E-state index in [1.165, 1.54) is 12.1 Å². The quantitative estimate of drug-likeness (QED) is 0.419. The van der Waals surface area contributed by atoms with Crippen molar-refractivity contribution in [2.75, 3.05) is 13.2 Å². The minimum Gasteiger partial charge on any atom is -0.374 e. The van der Waals surface area contributed by atoms with Gasteiger partial charge in [0.1, 0.15) is 6.10 Å². The molecule has 1 heterocycles. The molecular weight excluding hydrogens is 198 g/mol. The topological polar surface area (TPSA) is 64.9 Å². The fourth-order valence-corrected chi connectivity index (χ4v) is 1.19. The molecule has 1 unspecified atom stereocenters. The second kappa shape index (κ2) is 4.37. The Kier molecular flexibility index (Phi) is 2.94. The molecule has 1 fully saturated rings. The van der Waals surface area contributed by atoms with E-state index in [1.807, 2.05) is 0 Å². The van der Waals surface area contributed by atoms with E-state index in [1.54, 1.807) is 12.1 Å². The number of hydrogen-bond donors (Lipinski definition) is 0. The molecule has 1 aromatic carbocycles. The fourth-order valence-electron chi connectivity index (χ4n) is 1.19. The highest BCUT2D eigenvalue weighted by Crippen LogP contribution is 2.14. The van der Waals surface area contributed by atoms with Gasteiger partial charge in [0.15, 0.2) is 0 Å². The van der Waals surface area contributed by atoms with E-state index in [-0.39, 0.29) is 11.8 Å². The summed E-state index contributed by atoms with van der Waals surface area (Å²) in [5, 5.41) is 10.4. The minimum absolute atomic E-state index is 0.101. The number of nitro benzene ring substituents is 1. The number of rotatable bonds is 5. The fraction of sp³-hybridized carbons (Fsp3) is 0.400. The summed E-state index contributed by atoms with van der Waals surface area (Å²) < 4.78 is 10.3. The second-order valence-corrected chi connectivity index (χ2v) is 3.39. The van der Waals surface area contributed by atoms with E-state index < -0.39 is 4.92 Å². The Labute approximate surface area is 86.8 Å². The molecule has 0 aliphatic carbocycles. The zero-order valence-corrected chi connectivity index (χ0v) is 8.09. The molecule has 2 rings (SSSR count). The zero-order valence-electron chi connectivity index (χ0n) is 8.09. The predicted octanol–water partition coefficient (Wildman–Crippen LogP) is 1.51. The van der Waals surface area contributed by atoms with E-state index in [4.69, 9.17) is 9.47 Å². The summed E-state index contributed by atoms with van der Waals surface area (Å²) >= 11 is 0. The number of nitrogens with zero attached hydrogens (tertiary/aromatic N) is 1. The van der Waals surface area contributed by atoms with Gasteiger partial charge in [0, 0.05) is 12.1 Å². The predicted molar refractivity (Wildman–Crippen MR) is 52.5 cm³/mol. The number of epoxide rings is 1. The van der Waals surface area contributed by atoms with Crippen LogP contribution in [-0.4, -0.2) is 24.2 Å². The first-order valence-corrected chi connectivity index (χ1v) is 4.68. The normalized spacial score (nSPS) is 18.8. The summed E-state index contributed by atoms with van der Waals surface area (Å²) in [6.45, 7) is 1.84. The molecule has 1 atom stereocenters. The van der Waals surface area contributed by atoms with Crippen LogP contribution in [0.2, 0.25) is 0 Å². The Bertz CT molecular complexity index is 345. The first-order chi connectivity index (χ1) is 7.25. The Morgan fingerprint density at radius 1 is 1.47 bits per heavy atom. The molecule has 1 saturated heterocycles. The summed E-state index contributed by atoms with van der Waals surface area (Å²) in [5.41, 5.74) is 1.03. The number of hydrogen-bond acceptors (Lipinski definition) is 4. The third kappa shape index (κ3) is 3.00. The van der Waals surface area contributed by atoms with Gasteiger partial charge >= 0.3 is 0 Å². The summed E-state index contributed by atoms with van der Waals surface area (Å²) in [5.74, 6) is 0. The van der Waals surface area contributed by atoms with Crippen molar-refractivity contribution < 1.29 is 14.4 Å². The van der Waals surface area contributed by atoms with Crippen molar-refractivity contribution in [3.8, 4) is 0 Å². The summed E-state index contributed by atoms with van der Waals surface area (Å²) in [7, 11) is 0. The van der Waals surface area contributed by atoms with Crippen LogP contribution in [0, 0.1) is 10.1 Å². The van der Waals surface area contributed by atoms with Crippen LogP contribution in [0.15, 0.2) is 24.3 Å². The van der Waals surface area contributed by atoms with Gasteiger partial charge in [0.05, 0.1) is 24.7 Å². The average molecular weight is 209 g/mol. The van der Waals surface area contributed by atoms with Crippen LogP contribution in [0.25, 0.3) is 0 Å². The maximum atomic E-state index is 10.4. The summed E-state index contributed by atoms with van der Waals surface area (Å²) in [6.07, 6.45) is 0.253. The van der Waals surface area contributed by atoms with Crippen molar-refractivity contribution in [3.63, 3.8) is 0 Å². The van der Waals surface area contributed by atoms with E-state index in [0.717, 1.165) is 12.2 Å². The molecule has 1 aliphatic rings. The third-order valence-corrected chi connectivity index (χ3v) is 2.12. The van der Waals surface area contributed by atoms with E-state index in [2.05, 4.69) is 0 Å². The molecule has 0 amide bonds. The maximum absolute atomic E-state index is 10.4. The number of non-ortho nitro benzene ring substituents is 1. The van der Waals surface area contributed by atoms with E-state index in [9.17, 15) is 10.1 Å². The van der Waals surface area contributed by atoms with Gasteiger partial charge in [-0.05, 0) is 17.7 Å². The monoisotopic (exact) mass is 209 g/mol. The third-order valence-electron chi connectivity index (χ3n) is 2.12. The van der Waals surface area contributed by atoms with Gasteiger partial charge in [0.25, 0.3) is 5.69 Å². The number of benzene rings is 1. The Hall–Kier alpha value is -1.46. The first kappa shape index (κ1) is 10.1. The highest BCUT2D eigenvalue weighted by molar-refractivity contribution is 5.32. The molecule has 15 heavy (non-hydrogen) atoms. The van der Waals surface area contributed by atoms with Gasteiger partial charge in [-0.3, -0.25) is 10.1 Å². The van der Waals surface area contributed by atoms with Crippen LogP contribution < -0.4 is 0 Å². The standard InChI is InChI=1S/C10H11NO4/c12-11(13)9-3-1-8(2-4-9)5-14-6-10-7-15-10/h1-4,10H,5-7H2. The van der Waals surface area contributed by atoms with E-state index >= 15 is 0 Å². The second-order valence-electron chi connectivity index (χ2n) is 3.39. The van der Waals surface area contributed by atoms with Gasteiger partial charge in [-0.25, -0.2) is 0 Å². The van der Waals surface area contributed by atoms with Gasteiger partial charge in [-0.15, -0.1) is 0 Å². The van der Waals surface area contributed by atoms with Crippen molar-refractivity contribution in [3.05, 3.63) is 39.9 Å². The van der Waals surface area contributed by atoms with E-state index in [0.29, 0.717) is 13.2 Å². The first-order valence-electron chi connectivity index (χ1n) is 4.68. The average Bonchev–Trinajstić information content (AvgIpc) is 3.02. The highest BCUT2D eigenvalue weighted by Gasteiger charge is 2.22. The van der Waals surface area contributed by atoms with Crippen LogP contribution in [0.4, 0.5) is 5.69 Å². The molecule has 0 bridgehead atoms. The van der Waals surface area contributed by atoms with Gasteiger partial charge < -0.3 is 9.47 Å². The molecule has 1 aliphatic heterocycles. The van der Waals surface area contributed by atoms with Gasteiger partial charge in [0.2, 0.25) is 0 Å². The molecule has 0 spiro atoms. The Morgan fingerprint density at radius 3 is 2.67 bits per heavy atom. The van der Waals surface area contributed by atoms with Crippen LogP contribution in [0.3, 0.4) is 0 Å². The highest BCUT2D eigenvalue weighted by atomic mass is 16.6. The van der Waals surface area contributed by atoms with Gasteiger partial charge in [-0.1, -0.05) is 0 Å². The smallest absolute Gasteiger partial charge is 0.269 e. The lowest BCUT2D eigenvalue weighted by molar-refractivity contribution is -0.384. The van der Waals surface area contributed by atoms with Crippen molar-refractivity contribution in [2.45, 2.75) is 12.7 Å². The molecule has 0 radical (unpaired) electrons. The van der Waals surface area contributed by atoms with Crippen molar-refractivity contribution in [1.82, 2.24) is 0 Å². The molecule has 80 valence electrons. The minimum atomic E-state index is -0.414. The molecule has 5 nitrogen and oxygen atoms in total. The molecule has 0 saturated carbocycles. The molecule has 0 N–H and O–H groups in total. The SMILES string of the molecule is O=[N+]([O-])c1ccc(COCC2CO2)cc1. The number of nitro groups is 1. The Morgan fingerprint density at radius 2 is 2.13 bits per heavy atom. The molecular formula is C10H11NO4. The summed E-state index contributed by atoms with van der Waals surface area (Å²) in [4.78, 5) is 9.97. The van der Waals surface area contributed by atoms with Crippen molar-refractivity contribution in [2.24, 2.45) is 0 Å². The van der Waals surface area contributed by atoms with Crippen molar-refractivity contribution in [1.29, 1.82) is 0 Å². The molecule has 1 aromatic rings. The maximum Gasteiger partial charge on any atom is 0.269 e. The van der Waals surface area contributed by atoms with Gasteiger partial charge in [-0.2, -0.15) is 0 Å². The molecule has 0 aromatic heterocycles. The van der Waals surface area contributed by atoms with Crippen molar-refractivity contribution >= 4 is 5.69 Å². The van der Waals surface area contributed by atoms with Crippen LogP contribution in [-0.2, 0) is 16.1 Å². The largest absolute Gasteiger partial charge is 0.374 e. The lowest BCUT2D eigenvalue weighted by Crippen LogP contribution is -2.01. The number of ether oxygens (including phenoxy) is 2. The lowest BCUT2D eigenvalue weighted by Gasteiger charge is -2.01. The summed E-state index contributed by atoms with van der Waals surface area (Å²) in [6, 6.07) is 6.36. The Balaban J connectivity index is 1.83. The van der Waals surface area contributed by atoms with Crippen LogP contribution in [0.5, 0.6) is 0 Å². The zero-order chi connectivity index (χ0) is 10.7. The lowest BCUT2D eigenvalue weighted by atomic mass is 10.2. The van der Waals surface area contributed by atoms with Crippen LogP contribution in [0.1, 0.15) is 5.56 Å². The van der Waals surface area contributed by atoms with Crippen LogP contribution >= 0.6 is 0 Å².